The van der Waals surface area contributed by atoms with Crippen molar-refractivity contribution < 1.29 is 29.4 Å². The minimum absolute atomic E-state index is 0.0988. The highest BCUT2D eigenvalue weighted by Crippen LogP contribution is 2.09. The van der Waals surface area contributed by atoms with Gasteiger partial charge in [0.2, 0.25) is 17.7 Å². The van der Waals surface area contributed by atoms with Crippen LogP contribution in [-0.2, 0) is 19.2 Å². The van der Waals surface area contributed by atoms with E-state index in [9.17, 15) is 29.4 Å². The molecular formula is C19H37N7O6S. The van der Waals surface area contributed by atoms with Gasteiger partial charge in [-0.1, -0.05) is 20.3 Å². The summed E-state index contributed by atoms with van der Waals surface area (Å²) in [6, 6.07) is -4.68. The number of hydrogen-bond donors (Lipinski definition) is 9. The molecule has 3 amide bonds. The number of amides is 3. The number of nitrogens with zero attached hydrogens (tertiary/aromatic N) is 1. The van der Waals surface area contributed by atoms with E-state index in [1.165, 1.54) is 6.92 Å². The fourth-order valence-corrected chi connectivity index (χ4v) is 2.92. The second-order valence-electron chi connectivity index (χ2n) is 7.73. The molecule has 0 aromatic rings. The summed E-state index contributed by atoms with van der Waals surface area (Å²) in [5, 5.41) is 26.2. The first-order valence-electron chi connectivity index (χ1n) is 10.6. The number of aliphatic imine (C=N–C) groups is 1. The Morgan fingerprint density at radius 1 is 1.00 bits per heavy atom. The molecule has 0 aromatic carbocycles. The zero-order valence-corrected chi connectivity index (χ0v) is 20.0. The quantitative estimate of drug-likeness (QED) is 0.0499. The number of thiol groups is 1. The van der Waals surface area contributed by atoms with Crippen LogP contribution in [-0.4, -0.2) is 82.4 Å². The van der Waals surface area contributed by atoms with Gasteiger partial charge in [0.25, 0.3) is 0 Å². The van der Waals surface area contributed by atoms with E-state index in [1.807, 2.05) is 0 Å². The zero-order chi connectivity index (χ0) is 25.7. The highest BCUT2D eigenvalue weighted by molar-refractivity contribution is 7.80. The van der Waals surface area contributed by atoms with Crippen molar-refractivity contribution in [3.8, 4) is 0 Å². The molecule has 0 heterocycles. The number of hydrogen-bond acceptors (Lipinski definition) is 8. The van der Waals surface area contributed by atoms with Crippen LogP contribution in [0.5, 0.6) is 0 Å². The Hall–Kier alpha value is -2.58. The van der Waals surface area contributed by atoms with Crippen molar-refractivity contribution in [1.82, 2.24) is 16.0 Å². The number of guanidine groups is 1. The van der Waals surface area contributed by atoms with Gasteiger partial charge in [-0.15, -0.1) is 0 Å². The molecule has 0 rings (SSSR count). The molecule has 33 heavy (non-hydrogen) atoms. The maximum atomic E-state index is 12.8. The van der Waals surface area contributed by atoms with Crippen molar-refractivity contribution in [2.75, 3.05) is 12.3 Å². The van der Waals surface area contributed by atoms with E-state index >= 15 is 0 Å². The third-order valence-electron chi connectivity index (χ3n) is 4.99. The van der Waals surface area contributed by atoms with Gasteiger partial charge in [0.1, 0.15) is 24.2 Å². The van der Waals surface area contributed by atoms with Gasteiger partial charge in [-0.05, 0) is 25.7 Å². The molecule has 6 atom stereocenters. The molecule has 0 radical (unpaired) electrons. The molecule has 0 spiro atoms. The topological polar surface area (TPSA) is 235 Å². The van der Waals surface area contributed by atoms with Crippen LogP contribution in [0.2, 0.25) is 0 Å². The Labute approximate surface area is 198 Å². The van der Waals surface area contributed by atoms with Crippen LogP contribution in [0.3, 0.4) is 0 Å². The molecule has 14 heteroatoms. The lowest BCUT2D eigenvalue weighted by Gasteiger charge is -2.26. The summed E-state index contributed by atoms with van der Waals surface area (Å²) in [6.07, 6.45) is -0.226. The van der Waals surface area contributed by atoms with Gasteiger partial charge in [-0.3, -0.25) is 19.4 Å². The summed E-state index contributed by atoms with van der Waals surface area (Å²) in [5.74, 6) is -3.99. The van der Waals surface area contributed by atoms with E-state index in [2.05, 4.69) is 33.6 Å². The average Bonchev–Trinajstić information content (AvgIpc) is 2.75. The molecule has 0 aromatic heterocycles. The van der Waals surface area contributed by atoms with E-state index in [1.54, 1.807) is 13.8 Å². The molecule has 11 N–H and O–H groups in total. The van der Waals surface area contributed by atoms with Gasteiger partial charge in [0, 0.05) is 12.3 Å². The number of aliphatic carboxylic acids is 1. The lowest BCUT2D eigenvalue weighted by atomic mass is 9.98. The minimum atomic E-state index is -1.26. The number of aliphatic hydroxyl groups is 1. The lowest BCUT2D eigenvalue weighted by Crippen LogP contribution is -2.59. The lowest BCUT2D eigenvalue weighted by molar-refractivity contribution is -0.144. The predicted molar refractivity (Wildman–Crippen MR) is 126 cm³/mol. The number of rotatable bonds is 15. The number of nitrogens with two attached hydrogens (primary N) is 3. The Morgan fingerprint density at radius 2 is 1.55 bits per heavy atom. The van der Waals surface area contributed by atoms with Gasteiger partial charge >= 0.3 is 5.97 Å². The van der Waals surface area contributed by atoms with Crippen LogP contribution in [0.1, 0.15) is 40.0 Å². The summed E-state index contributed by atoms with van der Waals surface area (Å²) in [6.45, 7) is 4.99. The highest BCUT2D eigenvalue weighted by Gasteiger charge is 2.31. The Bertz CT molecular complexity index is 702. The Balaban J connectivity index is 5.46. The number of nitrogens with one attached hydrogen (secondary N) is 3. The van der Waals surface area contributed by atoms with Gasteiger partial charge in [0.05, 0.1) is 6.10 Å². The monoisotopic (exact) mass is 491 g/mol. The molecule has 6 unspecified atom stereocenters. The number of carboxylic acid groups (broad SMARTS) is 1. The van der Waals surface area contributed by atoms with Crippen LogP contribution >= 0.6 is 12.6 Å². The van der Waals surface area contributed by atoms with Crippen LogP contribution in [0.15, 0.2) is 4.99 Å². The smallest absolute Gasteiger partial charge is 0.326 e. The van der Waals surface area contributed by atoms with E-state index in [0.717, 1.165) is 0 Å². The van der Waals surface area contributed by atoms with Crippen LogP contribution < -0.4 is 33.2 Å². The first kappa shape index (κ1) is 30.4. The summed E-state index contributed by atoms with van der Waals surface area (Å²) < 4.78 is 0. The van der Waals surface area contributed by atoms with Gasteiger partial charge in [-0.25, -0.2) is 4.79 Å². The number of carbonyl (C=O) groups excluding carboxylic acids is 3. The van der Waals surface area contributed by atoms with Crippen molar-refractivity contribution in [3.05, 3.63) is 0 Å². The largest absolute Gasteiger partial charge is 0.480 e. The van der Waals surface area contributed by atoms with Gasteiger partial charge < -0.3 is 43.4 Å². The molecule has 190 valence electrons. The van der Waals surface area contributed by atoms with Crippen molar-refractivity contribution in [1.29, 1.82) is 0 Å². The van der Waals surface area contributed by atoms with Gasteiger partial charge in [0.15, 0.2) is 5.96 Å². The second kappa shape index (κ2) is 15.3. The zero-order valence-electron chi connectivity index (χ0n) is 19.2. The predicted octanol–water partition coefficient (Wildman–Crippen LogP) is -2.74. The molecule has 0 fully saturated rings. The normalized spacial score (nSPS) is 16.3. The SMILES string of the molecule is CCC(C)C(NC(=O)C(CCCN=C(N)N)NC(=O)C(CS)NC(=O)C(N)C(C)O)C(=O)O. The fraction of sp³-hybridized carbons (Fsp3) is 0.737. The van der Waals surface area contributed by atoms with Crippen molar-refractivity contribution in [2.45, 2.75) is 70.3 Å². The van der Waals surface area contributed by atoms with Gasteiger partial charge in [-0.2, -0.15) is 12.6 Å². The van der Waals surface area contributed by atoms with Crippen molar-refractivity contribution in [2.24, 2.45) is 28.1 Å². The van der Waals surface area contributed by atoms with Crippen molar-refractivity contribution in [3.63, 3.8) is 0 Å². The summed E-state index contributed by atoms with van der Waals surface area (Å²) in [4.78, 5) is 53.0. The van der Waals surface area contributed by atoms with E-state index in [0.29, 0.717) is 12.8 Å². The maximum absolute atomic E-state index is 12.8. The van der Waals surface area contributed by atoms with Crippen LogP contribution in [0.25, 0.3) is 0 Å². The van der Waals surface area contributed by atoms with Crippen molar-refractivity contribution >= 4 is 42.3 Å². The number of carboxylic acids is 1. The summed E-state index contributed by atoms with van der Waals surface area (Å²) in [5.41, 5.74) is 16.1. The van der Waals surface area contributed by atoms with Crippen LogP contribution in [0.4, 0.5) is 0 Å². The molecule has 0 saturated heterocycles. The number of carbonyl (C=O) groups is 4. The van der Waals surface area contributed by atoms with E-state index < -0.39 is 54.0 Å². The third-order valence-corrected chi connectivity index (χ3v) is 5.36. The summed E-state index contributed by atoms with van der Waals surface area (Å²) >= 11 is 4.05. The Morgan fingerprint density at radius 3 is 2.00 bits per heavy atom. The molecule has 0 aliphatic heterocycles. The Kier molecular flexibility index (Phi) is 14.1. The maximum Gasteiger partial charge on any atom is 0.326 e. The molecular weight excluding hydrogens is 454 g/mol. The molecule has 0 bridgehead atoms. The minimum Gasteiger partial charge on any atom is -0.480 e. The van der Waals surface area contributed by atoms with Crippen LogP contribution in [0, 0.1) is 5.92 Å². The first-order valence-corrected chi connectivity index (χ1v) is 11.2. The molecule has 0 aliphatic carbocycles. The highest BCUT2D eigenvalue weighted by atomic mass is 32.1. The molecule has 0 saturated carbocycles. The van der Waals surface area contributed by atoms with E-state index in [-0.39, 0.29) is 30.6 Å². The average molecular weight is 492 g/mol. The fourth-order valence-electron chi connectivity index (χ4n) is 2.66. The summed E-state index contributed by atoms with van der Waals surface area (Å²) in [7, 11) is 0. The first-order chi connectivity index (χ1) is 15.3. The molecule has 13 nitrogen and oxygen atoms in total. The number of aliphatic hydroxyl groups excluding tert-OH is 1. The van der Waals surface area contributed by atoms with E-state index in [4.69, 9.17) is 17.2 Å². The third kappa shape index (κ3) is 11.2. The molecule has 0 aliphatic rings. The second-order valence-corrected chi connectivity index (χ2v) is 8.10. The standard InChI is InChI=1S/C19H37N7O6S/c1-4-9(2)14(18(31)32)26-15(28)11(6-5-7-23-19(21)22)24-16(29)12(8-33)25-17(30)13(20)10(3)27/h9-14,27,33H,4-8,20H2,1-3H3,(H,24,29)(H,25,30)(H,26,28)(H,31,32)(H4,21,22,23).